The Balaban J connectivity index is 1.77. The molecule has 164 valence electrons. The van der Waals surface area contributed by atoms with Crippen LogP contribution < -0.4 is 0 Å². The fraction of sp³-hybridized carbons (Fsp3) is 0.435. The zero-order chi connectivity index (χ0) is 22.2. The van der Waals surface area contributed by atoms with Crippen LogP contribution in [0.25, 0.3) is 22.4 Å². The summed E-state index contributed by atoms with van der Waals surface area (Å²) in [6, 6.07) is 6.47. The predicted octanol–water partition coefficient (Wildman–Crippen LogP) is 5.87. The molecule has 1 unspecified atom stereocenters. The summed E-state index contributed by atoms with van der Waals surface area (Å²) in [5.74, 6) is 0.305. The fourth-order valence-electron chi connectivity index (χ4n) is 4.33. The summed E-state index contributed by atoms with van der Waals surface area (Å²) in [5.41, 5.74) is 0.796. The molecule has 0 aliphatic carbocycles. The third-order valence-electron chi connectivity index (χ3n) is 5.84. The van der Waals surface area contributed by atoms with Crippen molar-refractivity contribution in [2.24, 2.45) is 5.92 Å². The van der Waals surface area contributed by atoms with Crippen molar-refractivity contribution in [1.82, 2.24) is 15.0 Å². The molecule has 31 heavy (non-hydrogen) atoms. The molecule has 2 aromatic heterocycles. The van der Waals surface area contributed by atoms with Gasteiger partial charge in [-0.3, -0.25) is 4.79 Å². The largest absolute Gasteiger partial charge is 0.416 e. The summed E-state index contributed by atoms with van der Waals surface area (Å²) >= 11 is 0. The van der Waals surface area contributed by atoms with Crippen LogP contribution in [0.4, 0.5) is 13.2 Å². The standard InChI is InChI=1S/C23H24F3N3O2/c1-3-6-15-7-5-10-29(13-15)22(30)18-12-19(27-21-20(18)14(2)28-31-21)16-8-4-9-17(11-16)23(24,25)26/h4,8-9,11-12,15H,3,5-7,10,13H2,1-2H3. The smallest absolute Gasteiger partial charge is 0.338 e. The van der Waals surface area contributed by atoms with Crippen LogP contribution in [0.15, 0.2) is 34.9 Å². The van der Waals surface area contributed by atoms with Gasteiger partial charge in [0.25, 0.3) is 11.6 Å². The van der Waals surface area contributed by atoms with Gasteiger partial charge in [0.15, 0.2) is 0 Å². The molecule has 1 fully saturated rings. The molecule has 1 aromatic carbocycles. The number of halogens is 3. The van der Waals surface area contributed by atoms with Crippen molar-refractivity contribution in [2.75, 3.05) is 13.1 Å². The molecule has 4 rings (SSSR count). The highest BCUT2D eigenvalue weighted by molar-refractivity contribution is 6.07. The van der Waals surface area contributed by atoms with Gasteiger partial charge in [-0.25, -0.2) is 4.98 Å². The lowest BCUT2D eigenvalue weighted by atomic mass is 9.93. The maximum atomic E-state index is 13.5. The summed E-state index contributed by atoms with van der Waals surface area (Å²) in [4.78, 5) is 19.7. The molecular weight excluding hydrogens is 407 g/mol. The lowest BCUT2D eigenvalue weighted by Gasteiger charge is -2.33. The third-order valence-corrected chi connectivity index (χ3v) is 5.84. The summed E-state index contributed by atoms with van der Waals surface area (Å²) < 4.78 is 44.8. The van der Waals surface area contributed by atoms with E-state index in [-0.39, 0.29) is 22.9 Å². The van der Waals surface area contributed by atoms with Crippen molar-refractivity contribution < 1.29 is 22.5 Å². The molecule has 0 spiro atoms. The maximum absolute atomic E-state index is 13.5. The summed E-state index contributed by atoms with van der Waals surface area (Å²) in [6.07, 6.45) is -0.295. The van der Waals surface area contributed by atoms with Gasteiger partial charge in [0.05, 0.1) is 27.9 Å². The molecule has 3 heterocycles. The molecule has 8 heteroatoms. The molecule has 5 nitrogen and oxygen atoms in total. The Hall–Kier alpha value is -2.90. The molecule has 1 aliphatic rings. The first-order chi connectivity index (χ1) is 14.8. The highest BCUT2D eigenvalue weighted by atomic mass is 19.4. The lowest BCUT2D eigenvalue weighted by Crippen LogP contribution is -2.40. The zero-order valence-electron chi connectivity index (χ0n) is 17.5. The molecule has 1 amide bonds. The predicted molar refractivity (Wildman–Crippen MR) is 111 cm³/mol. The minimum absolute atomic E-state index is 0.151. The normalized spacial score (nSPS) is 17.3. The number of piperidine rings is 1. The van der Waals surface area contributed by atoms with Crippen molar-refractivity contribution in [3.05, 3.63) is 47.2 Å². The number of hydrogen-bond acceptors (Lipinski definition) is 4. The van der Waals surface area contributed by atoms with Crippen molar-refractivity contribution in [1.29, 1.82) is 0 Å². The van der Waals surface area contributed by atoms with E-state index >= 15 is 0 Å². The number of amides is 1. The molecule has 1 saturated heterocycles. The summed E-state index contributed by atoms with van der Waals surface area (Å²) in [7, 11) is 0. The highest BCUT2D eigenvalue weighted by Crippen LogP contribution is 2.34. The Morgan fingerprint density at radius 1 is 1.29 bits per heavy atom. The SMILES string of the molecule is CCCC1CCCN(C(=O)c2cc(-c3cccc(C(F)(F)F)c3)nc3onc(C)c23)C1. The van der Waals surface area contributed by atoms with Crippen LogP contribution in [0.1, 0.15) is 54.2 Å². The minimum atomic E-state index is -4.47. The van der Waals surface area contributed by atoms with Gasteiger partial charge in [-0.2, -0.15) is 13.2 Å². The molecule has 3 aromatic rings. The average molecular weight is 431 g/mol. The number of alkyl halides is 3. The van der Waals surface area contributed by atoms with Crippen LogP contribution >= 0.6 is 0 Å². The Bertz CT molecular complexity index is 1110. The van der Waals surface area contributed by atoms with Crippen LogP contribution in [0.5, 0.6) is 0 Å². The van der Waals surface area contributed by atoms with Gasteiger partial charge >= 0.3 is 6.18 Å². The van der Waals surface area contributed by atoms with Gasteiger partial charge < -0.3 is 9.42 Å². The van der Waals surface area contributed by atoms with Crippen molar-refractivity contribution in [2.45, 2.75) is 45.7 Å². The molecule has 0 saturated carbocycles. The summed E-state index contributed by atoms with van der Waals surface area (Å²) in [6.45, 7) is 5.20. The topological polar surface area (TPSA) is 59.2 Å². The van der Waals surface area contributed by atoms with Gasteiger partial charge in [-0.1, -0.05) is 30.6 Å². The van der Waals surface area contributed by atoms with Crippen LogP contribution in [0.3, 0.4) is 0 Å². The van der Waals surface area contributed by atoms with E-state index in [1.54, 1.807) is 19.1 Å². The molecule has 1 atom stereocenters. The number of likely N-dealkylation sites (tertiary alicyclic amines) is 1. The highest BCUT2D eigenvalue weighted by Gasteiger charge is 2.31. The number of carbonyl (C=O) groups excluding carboxylic acids is 1. The van der Waals surface area contributed by atoms with E-state index in [2.05, 4.69) is 17.1 Å². The lowest BCUT2D eigenvalue weighted by molar-refractivity contribution is -0.137. The summed E-state index contributed by atoms with van der Waals surface area (Å²) in [5, 5.41) is 4.44. The van der Waals surface area contributed by atoms with Gasteiger partial charge in [-0.15, -0.1) is 0 Å². The number of carbonyl (C=O) groups is 1. The van der Waals surface area contributed by atoms with Gasteiger partial charge in [0.2, 0.25) is 0 Å². The van der Waals surface area contributed by atoms with Crippen molar-refractivity contribution in [3.8, 4) is 11.3 Å². The van der Waals surface area contributed by atoms with Crippen LogP contribution in [0, 0.1) is 12.8 Å². The first-order valence-electron chi connectivity index (χ1n) is 10.5. The van der Waals surface area contributed by atoms with Gasteiger partial charge in [0.1, 0.15) is 0 Å². The maximum Gasteiger partial charge on any atom is 0.416 e. The van der Waals surface area contributed by atoms with Gasteiger partial charge in [0, 0.05) is 18.7 Å². The Kier molecular flexibility index (Phi) is 5.73. The second-order valence-electron chi connectivity index (χ2n) is 8.13. The Morgan fingerprint density at radius 3 is 2.84 bits per heavy atom. The average Bonchev–Trinajstić information content (AvgIpc) is 3.13. The molecule has 1 aliphatic heterocycles. The third kappa shape index (κ3) is 4.29. The van der Waals surface area contributed by atoms with Crippen molar-refractivity contribution in [3.63, 3.8) is 0 Å². The first kappa shape index (κ1) is 21.3. The van der Waals surface area contributed by atoms with Crippen molar-refractivity contribution >= 4 is 17.0 Å². The molecule has 0 N–H and O–H groups in total. The number of benzene rings is 1. The number of hydrogen-bond donors (Lipinski definition) is 0. The van der Waals surface area contributed by atoms with Crippen LogP contribution in [0.2, 0.25) is 0 Å². The molecule has 0 radical (unpaired) electrons. The molecule has 0 bridgehead atoms. The minimum Gasteiger partial charge on any atom is -0.338 e. The molecular formula is C23H24F3N3O2. The number of fused-ring (bicyclic) bond motifs is 1. The van der Waals surface area contributed by atoms with Gasteiger partial charge in [-0.05, 0) is 50.3 Å². The number of pyridine rings is 1. The fourth-order valence-corrected chi connectivity index (χ4v) is 4.33. The van der Waals surface area contributed by atoms with E-state index < -0.39 is 11.7 Å². The Morgan fingerprint density at radius 2 is 2.10 bits per heavy atom. The van der Waals surface area contributed by atoms with Crippen LogP contribution in [-0.4, -0.2) is 34.0 Å². The second kappa shape index (κ2) is 8.32. The zero-order valence-corrected chi connectivity index (χ0v) is 17.5. The Labute approximate surface area is 178 Å². The first-order valence-corrected chi connectivity index (χ1v) is 10.5. The second-order valence-corrected chi connectivity index (χ2v) is 8.13. The number of nitrogens with zero attached hydrogens (tertiary/aromatic N) is 3. The van der Waals surface area contributed by atoms with E-state index in [0.29, 0.717) is 35.7 Å². The van der Waals surface area contributed by atoms with E-state index in [0.717, 1.165) is 37.8 Å². The number of aromatic nitrogens is 2. The van der Waals surface area contributed by atoms with E-state index in [1.165, 1.54) is 6.07 Å². The monoisotopic (exact) mass is 431 g/mol. The van der Waals surface area contributed by atoms with Crippen LogP contribution in [-0.2, 0) is 6.18 Å². The quantitative estimate of drug-likeness (QED) is 0.518. The number of rotatable bonds is 4. The van der Waals surface area contributed by atoms with E-state index in [9.17, 15) is 18.0 Å². The van der Waals surface area contributed by atoms with E-state index in [1.807, 2.05) is 4.90 Å². The number of aryl methyl sites for hydroxylation is 1. The van der Waals surface area contributed by atoms with E-state index in [4.69, 9.17) is 4.52 Å².